The van der Waals surface area contributed by atoms with Crippen LogP contribution in [0.1, 0.15) is 57.2 Å². The van der Waals surface area contributed by atoms with E-state index in [1.165, 1.54) is 16.2 Å². The lowest BCUT2D eigenvalue weighted by molar-refractivity contribution is 0.0970. The zero-order valence-electron chi connectivity index (χ0n) is 18.8. The number of ether oxygens (including phenoxy) is 1. The third kappa shape index (κ3) is 3.51. The van der Waals surface area contributed by atoms with Crippen molar-refractivity contribution in [1.82, 2.24) is 10.2 Å². The van der Waals surface area contributed by atoms with Crippen molar-refractivity contribution in [3.8, 4) is 5.75 Å². The van der Waals surface area contributed by atoms with Gasteiger partial charge < -0.3 is 9.15 Å². The molecule has 0 aliphatic carbocycles. The summed E-state index contributed by atoms with van der Waals surface area (Å²) in [5.74, 6) is 0.331. The highest BCUT2D eigenvalue weighted by molar-refractivity contribution is 7.15. The average molecular weight is 462 g/mol. The second-order valence-corrected chi connectivity index (χ2v) is 9.37. The van der Waals surface area contributed by atoms with Gasteiger partial charge in [0.15, 0.2) is 5.43 Å². The summed E-state index contributed by atoms with van der Waals surface area (Å²) in [4.78, 5) is 28.9. The molecule has 5 rings (SSSR count). The van der Waals surface area contributed by atoms with Gasteiger partial charge in [-0.3, -0.25) is 14.5 Å². The van der Waals surface area contributed by atoms with Gasteiger partial charge in [-0.15, -0.1) is 10.2 Å². The molecule has 1 unspecified atom stereocenters. The number of aryl methyl sites for hydroxylation is 3. The lowest BCUT2D eigenvalue weighted by Crippen LogP contribution is -2.29. The number of aromatic nitrogens is 2. The number of hydrogen-bond acceptors (Lipinski definition) is 7. The van der Waals surface area contributed by atoms with Crippen molar-refractivity contribution in [1.29, 1.82) is 0 Å². The lowest BCUT2D eigenvalue weighted by atomic mass is 9.97. The Balaban J connectivity index is 1.77. The number of benzene rings is 2. The summed E-state index contributed by atoms with van der Waals surface area (Å²) in [5.41, 5.74) is 3.24. The van der Waals surface area contributed by atoms with Gasteiger partial charge in [0.2, 0.25) is 10.9 Å². The Morgan fingerprint density at radius 2 is 1.88 bits per heavy atom. The van der Waals surface area contributed by atoms with Crippen molar-refractivity contribution in [2.75, 3.05) is 11.5 Å². The average Bonchev–Trinajstić information content (AvgIpc) is 3.35. The number of carbonyl (C=O) groups excluding carboxylic acids is 1. The summed E-state index contributed by atoms with van der Waals surface area (Å²) in [5, 5.41) is 9.90. The molecular formula is C25H23N3O4S. The molecule has 7 nitrogen and oxygen atoms in total. The fourth-order valence-corrected chi connectivity index (χ4v) is 4.83. The zero-order chi connectivity index (χ0) is 23.3. The predicted molar refractivity (Wildman–Crippen MR) is 127 cm³/mol. The maximum Gasteiger partial charge on any atom is 0.297 e. The van der Waals surface area contributed by atoms with Gasteiger partial charge in [-0.2, -0.15) is 0 Å². The van der Waals surface area contributed by atoms with Gasteiger partial charge >= 0.3 is 0 Å². The van der Waals surface area contributed by atoms with E-state index < -0.39 is 11.9 Å². The molecule has 3 heterocycles. The molecule has 0 bridgehead atoms. The van der Waals surface area contributed by atoms with E-state index in [1.54, 1.807) is 0 Å². The van der Waals surface area contributed by atoms with Gasteiger partial charge in [0.05, 0.1) is 23.6 Å². The van der Waals surface area contributed by atoms with Crippen LogP contribution >= 0.6 is 11.3 Å². The summed E-state index contributed by atoms with van der Waals surface area (Å²) >= 11 is 1.30. The van der Waals surface area contributed by atoms with Crippen molar-refractivity contribution < 1.29 is 13.9 Å². The van der Waals surface area contributed by atoms with Crippen LogP contribution in [0.15, 0.2) is 45.6 Å². The van der Waals surface area contributed by atoms with Crippen LogP contribution in [0.4, 0.5) is 5.13 Å². The first kappa shape index (κ1) is 21.3. The van der Waals surface area contributed by atoms with Crippen molar-refractivity contribution in [3.05, 3.63) is 79.6 Å². The molecule has 8 heteroatoms. The zero-order valence-corrected chi connectivity index (χ0v) is 19.7. The van der Waals surface area contributed by atoms with E-state index in [2.05, 4.69) is 10.2 Å². The third-order valence-corrected chi connectivity index (χ3v) is 6.69. The van der Waals surface area contributed by atoms with Crippen LogP contribution in [0.5, 0.6) is 5.75 Å². The first-order chi connectivity index (χ1) is 15.9. The summed E-state index contributed by atoms with van der Waals surface area (Å²) in [6.07, 6.45) is 0.875. The highest BCUT2D eigenvalue weighted by Crippen LogP contribution is 2.42. The second kappa shape index (κ2) is 8.12. The molecule has 1 aliphatic heterocycles. The smallest absolute Gasteiger partial charge is 0.297 e. The number of carbonyl (C=O) groups is 1. The van der Waals surface area contributed by atoms with Crippen LogP contribution in [-0.2, 0) is 0 Å². The molecule has 0 fully saturated rings. The molecule has 0 saturated heterocycles. The molecule has 0 saturated carbocycles. The third-order valence-electron chi connectivity index (χ3n) is 5.85. The first-order valence-corrected chi connectivity index (χ1v) is 11.6. The van der Waals surface area contributed by atoms with E-state index in [0.717, 1.165) is 28.1 Å². The minimum Gasteiger partial charge on any atom is -0.494 e. The quantitative estimate of drug-likeness (QED) is 0.411. The Morgan fingerprint density at radius 1 is 1.09 bits per heavy atom. The molecule has 1 aliphatic rings. The van der Waals surface area contributed by atoms with E-state index in [9.17, 15) is 9.59 Å². The van der Waals surface area contributed by atoms with Crippen LogP contribution < -0.4 is 15.1 Å². The number of hydrogen-bond donors (Lipinski definition) is 0. The highest BCUT2D eigenvalue weighted by atomic mass is 32.1. The fraction of sp³-hybridized carbons (Fsp3) is 0.280. The molecule has 1 atom stereocenters. The van der Waals surface area contributed by atoms with Crippen molar-refractivity contribution in [2.45, 2.75) is 40.2 Å². The predicted octanol–water partition coefficient (Wildman–Crippen LogP) is 5.11. The van der Waals surface area contributed by atoms with Crippen LogP contribution in [0.2, 0.25) is 0 Å². The molecule has 0 radical (unpaired) electrons. The number of fused-ring (bicyclic) bond motifs is 2. The van der Waals surface area contributed by atoms with E-state index in [0.29, 0.717) is 34.0 Å². The van der Waals surface area contributed by atoms with Gasteiger partial charge in [-0.1, -0.05) is 30.4 Å². The van der Waals surface area contributed by atoms with Crippen molar-refractivity contribution >= 4 is 33.3 Å². The monoisotopic (exact) mass is 461 g/mol. The highest BCUT2D eigenvalue weighted by Gasteiger charge is 2.45. The fourth-order valence-electron chi connectivity index (χ4n) is 4.12. The van der Waals surface area contributed by atoms with Gasteiger partial charge in [0, 0.05) is 0 Å². The molecule has 1 amide bonds. The van der Waals surface area contributed by atoms with E-state index in [-0.39, 0.29) is 11.2 Å². The van der Waals surface area contributed by atoms with E-state index >= 15 is 0 Å². The van der Waals surface area contributed by atoms with E-state index in [4.69, 9.17) is 9.15 Å². The Labute approximate surface area is 194 Å². The van der Waals surface area contributed by atoms with Gasteiger partial charge in [-0.25, -0.2) is 0 Å². The van der Waals surface area contributed by atoms with Crippen LogP contribution in [0.3, 0.4) is 0 Å². The molecular weight excluding hydrogens is 438 g/mol. The summed E-state index contributed by atoms with van der Waals surface area (Å²) < 4.78 is 11.9. The van der Waals surface area contributed by atoms with Gasteiger partial charge in [0.1, 0.15) is 16.3 Å². The number of rotatable bonds is 5. The summed E-state index contributed by atoms with van der Waals surface area (Å²) in [6, 6.07) is 10.4. The Morgan fingerprint density at radius 3 is 2.61 bits per heavy atom. The Hall–Kier alpha value is -3.52. The molecule has 0 spiro atoms. The largest absolute Gasteiger partial charge is 0.494 e. The SMILES string of the molecule is CCCOc1cccc(C2c3c(oc4cc(C)c(C)cc4c3=O)C(=O)N2c2nnc(C)s2)c1. The Bertz CT molecular complexity index is 1460. The second-order valence-electron chi connectivity index (χ2n) is 8.21. The summed E-state index contributed by atoms with van der Waals surface area (Å²) in [7, 11) is 0. The first-order valence-electron chi connectivity index (χ1n) is 10.8. The summed E-state index contributed by atoms with van der Waals surface area (Å²) in [6.45, 7) is 8.34. The minimum absolute atomic E-state index is 0.0495. The van der Waals surface area contributed by atoms with Crippen molar-refractivity contribution in [2.24, 2.45) is 0 Å². The van der Waals surface area contributed by atoms with Crippen LogP contribution in [0.25, 0.3) is 11.0 Å². The Kier molecular flexibility index (Phi) is 5.25. The molecule has 2 aromatic carbocycles. The maximum atomic E-state index is 13.7. The standard InChI is InChI=1S/C25H23N3O4S/c1-5-9-31-17-8-6-7-16(12-17)21-20-22(29)18-10-13(2)14(3)11-19(18)32-23(20)24(30)28(21)25-27-26-15(4)33-25/h6-8,10-12,21H,5,9H2,1-4H3. The molecule has 2 aromatic heterocycles. The number of amides is 1. The normalized spacial score (nSPS) is 15.3. The van der Waals surface area contributed by atoms with E-state index in [1.807, 2.05) is 64.1 Å². The minimum atomic E-state index is -0.688. The van der Waals surface area contributed by atoms with Crippen LogP contribution in [0, 0.1) is 20.8 Å². The number of nitrogens with zero attached hydrogens (tertiary/aromatic N) is 3. The molecule has 4 aromatic rings. The maximum absolute atomic E-state index is 13.7. The van der Waals surface area contributed by atoms with Crippen molar-refractivity contribution in [3.63, 3.8) is 0 Å². The molecule has 33 heavy (non-hydrogen) atoms. The van der Waals surface area contributed by atoms with Gasteiger partial charge in [-0.05, 0) is 68.1 Å². The van der Waals surface area contributed by atoms with Gasteiger partial charge in [0.25, 0.3) is 5.91 Å². The molecule has 168 valence electrons. The van der Waals surface area contributed by atoms with Crippen LogP contribution in [-0.4, -0.2) is 22.7 Å². The topological polar surface area (TPSA) is 85.5 Å². The molecule has 0 N–H and O–H groups in total. The lowest BCUT2D eigenvalue weighted by Gasteiger charge is -2.22. The number of anilines is 1.